The third-order valence-corrected chi connectivity index (χ3v) is 3.92. The van der Waals surface area contributed by atoms with Crippen LogP contribution in [0.1, 0.15) is 51.4 Å². The zero-order valence-electron chi connectivity index (χ0n) is 13.0. The number of hydrogen-bond donors (Lipinski definition) is 1. The number of piperidine rings is 1. The van der Waals surface area contributed by atoms with Gasteiger partial charge in [0, 0.05) is 45.9 Å². The molecule has 1 rings (SSSR count). The number of amides is 2. The maximum absolute atomic E-state index is 12.3. The average Bonchev–Trinajstić information content (AvgIpc) is 2.44. The number of nitrogens with zero attached hydrogens (tertiary/aromatic N) is 2. The van der Waals surface area contributed by atoms with Gasteiger partial charge in [0.05, 0.1) is 0 Å². The molecule has 1 saturated heterocycles. The highest BCUT2D eigenvalue weighted by Gasteiger charge is 2.26. The predicted octanol–water partition coefficient (Wildman–Crippen LogP) is 1.49. The lowest BCUT2D eigenvalue weighted by Gasteiger charge is -2.35. The van der Waals surface area contributed by atoms with E-state index in [4.69, 9.17) is 5.11 Å². The van der Waals surface area contributed by atoms with Crippen LogP contribution in [0.3, 0.4) is 0 Å². The van der Waals surface area contributed by atoms with Gasteiger partial charge < -0.3 is 14.9 Å². The zero-order valence-corrected chi connectivity index (χ0v) is 13.0. The van der Waals surface area contributed by atoms with Gasteiger partial charge >= 0.3 is 5.97 Å². The molecule has 0 radical (unpaired) electrons. The summed E-state index contributed by atoms with van der Waals surface area (Å²) in [5.41, 5.74) is 0. The van der Waals surface area contributed by atoms with E-state index >= 15 is 0 Å². The fraction of sp³-hybridized carbons (Fsp3) is 0.800. The van der Waals surface area contributed by atoms with Crippen molar-refractivity contribution >= 4 is 17.8 Å². The van der Waals surface area contributed by atoms with Gasteiger partial charge in [-0.3, -0.25) is 14.4 Å². The molecule has 1 fully saturated rings. The van der Waals surface area contributed by atoms with E-state index in [1.165, 1.54) is 4.90 Å². The Hall–Kier alpha value is -1.59. The smallest absolute Gasteiger partial charge is 0.303 e. The van der Waals surface area contributed by atoms with Gasteiger partial charge in [-0.2, -0.15) is 0 Å². The van der Waals surface area contributed by atoms with Gasteiger partial charge in [-0.1, -0.05) is 0 Å². The minimum absolute atomic E-state index is 0.0314. The van der Waals surface area contributed by atoms with Crippen LogP contribution >= 0.6 is 0 Å². The maximum atomic E-state index is 12.3. The standard InChI is InChI=1S/C15H26N2O4/c1-16(2)13(18)7-5-8-14(19)17-11-4-3-6-12(17)9-10-15(20)21/h12H,3-11H2,1-2H3,(H,20,21). The van der Waals surface area contributed by atoms with Gasteiger partial charge in [-0.25, -0.2) is 0 Å². The van der Waals surface area contributed by atoms with Crippen LogP contribution < -0.4 is 0 Å². The molecule has 1 unspecified atom stereocenters. The van der Waals surface area contributed by atoms with Crippen molar-refractivity contribution < 1.29 is 19.5 Å². The number of aliphatic carboxylic acids is 1. The first kappa shape index (κ1) is 17.5. The Morgan fingerprint density at radius 1 is 1.14 bits per heavy atom. The van der Waals surface area contributed by atoms with Crippen LogP contribution in [0.4, 0.5) is 0 Å². The number of carboxylic acids is 1. The number of carbonyl (C=O) groups is 3. The molecule has 1 aliphatic rings. The summed E-state index contributed by atoms with van der Waals surface area (Å²) in [6.07, 6.45) is 4.84. The van der Waals surface area contributed by atoms with Crippen molar-refractivity contribution in [3.05, 3.63) is 0 Å². The van der Waals surface area contributed by atoms with Crippen molar-refractivity contribution in [2.24, 2.45) is 0 Å². The van der Waals surface area contributed by atoms with E-state index in [1.54, 1.807) is 14.1 Å². The van der Waals surface area contributed by atoms with Crippen LogP contribution in [-0.4, -0.2) is 59.4 Å². The van der Waals surface area contributed by atoms with Crippen molar-refractivity contribution in [2.45, 2.75) is 57.4 Å². The molecule has 120 valence electrons. The topological polar surface area (TPSA) is 77.9 Å². The lowest BCUT2D eigenvalue weighted by atomic mass is 9.97. The van der Waals surface area contributed by atoms with E-state index in [1.807, 2.05) is 4.90 Å². The molecule has 1 heterocycles. The maximum Gasteiger partial charge on any atom is 0.303 e. The summed E-state index contributed by atoms with van der Waals surface area (Å²) in [7, 11) is 3.41. The molecule has 0 bridgehead atoms. The van der Waals surface area contributed by atoms with E-state index in [0.717, 1.165) is 19.3 Å². The summed E-state index contributed by atoms with van der Waals surface area (Å²) in [6, 6.07) is 0.0481. The molecule has 0 aromatic rings. The number of hydrogen-bond acceptors (Lipinski definition) is 3. The third kappa shape index (κ3) is 6.14. The Balaban J connectivity index is 2.41. The summed E-state index contributed by atoms with van der Waals surface area (Å²) < 4.78 is 0. The minimum Gasteiger partial charge on any atom is -0.481 e. The highest BCUT2D eigenvalue weighted by Crippen LogP contribution is 2.22. The molecule has 6 heteroatoms. The van der Waals surface area contributed by atoms with E-state index in [9.17, 15) is 14.4 Å². The van der Waals surface area contributed by atoms with Crippen molar-refractivity contribution in [1.29, 1.82) is 0 Å². The SMILES string of the molecule is CN(C)C(=O)CCCC(=O)N1CCCCC1CCC(=O)O. The van der Waals surface area contributed by atoms with Crippen LogP contribution in [0.2, 0.25) is 0 Å². The summed E-state index contributed by atoms with van der Waals surface area (Å²) in [6.45, 7) is 0.713. The first-order valence-corrected chi connectivity index (χ1v) is 7.63. The first-order valence-electron chi connectivity index (χ1n) is 7.63. The summed E-state index contributed by atoms with van der Waals surface area (Å²) >= 11 is 0. The van der Waals surface area contributed by atoms with E-state index < -0.39 is 5.97 Å². The summed E-state index contributed by atoms with van der Waals surface area (Å²) in [5, 5.41) is 8.78. The van der Waals surface area contributed by atoms with Crippen LogP contribution in [0, 0.1) is 0 Å². The number of carboxylic acid groups (broad SMARTS) is 1. The summed E-state index contributed by atoms with van der Waals surface area (Å²) in [4.78, 5) is 37.8. The molecule has 1 aliphatic heterocycles. The van der Waals surface area contributed by atoms with Gasteiger partial charge in [0.1, 0.15) is 0 Å². The number of carbonyl (C=O) groups excluding carboxylic acids is 2. The van der Waals surface area contributed by atoms with E-state index in [2.05, 4.69) is 0 Å². The van der Waals surface area contributed by atoms with Crippen LogP contribution in [-0.2, 0) is 14.4 Å². The molecule has 0 saturated carbocycles. The predicted molar refractivity (Wildman–Crippen MR) is 78.8 cm³/mol. The average molecular weight is 298 g/mol. The van der Waals surface area contributed by atoms with Crippen LogP contribution in [0.25, 0.3) is 0 Å². The summed E-state index contributed by atoms with van der Waals surface area (Å²) in [5.74, 6) is -0.731. The van der Waals surface area contributed by atoms with Crippen molar-refractivity contribution in [1.82, 2.24) is 9.80 Å². The molecule has 0 aliphatic carbocycles. The van der Waals surface area contributed by atoms with Crippen LogP contribution in [0.15, 0.2) is 0 Å². The quantitative estimate of drug-likeness (QED) is 0.772. The molecular formula is C15H26N2O4. The molecule has 0 spiro atoms. The Labute approximate surface area is 126 Å². The monoisotopic (exact) mass is 298 g/mol. The molecule has 1 N–H and O–H groups in total. The number of likely N-dealkylation sites (tertiary alicyclic amines) is 1. The van der Waals surface area contributed by atoms with E-state index in [-0.39, 0.29) is 24.3 Å². The van der Waals surface area contributed by atoms with Gasteiger partial charge in [-0.05, 0) is 32.1 Å². The van der Waals surface area contributed by atoms with Crippen LogP contribution in [0.5, 0.6) is 0 Å². The van der Waals surface area contributed by atoms with Crippen molar-refractivity contribution in [2.75, 3.05) is 20.6 Å². The second-order valence-electron chi connectivity index (χ2n) is 5.81. The Kier molecular flexibility index (Phi) is 7.19. The van der Waals surface area contributed by atoms with E-state index in [0.29, 0.717) is 32.2 Å². The first-order chi connectivity index (χ1) is 9.91. The Morgan fingerprint density at radius 3 is 2.48 bits per heavy atom. The zero-order chi connectivity index (χ0) is 15.8. The van der Waals surface area contributed by atoms with Crippen molar-refractivity contribution in [3.8, 4) is 0 Å². The molecule has 2 amide bonds. The molecular weight excluding hydrogens is 272 g/mol. The molecule has 0 aromatic heterocycles. The normalized spacial score (nSPS) is 18.4. The lowest BCUT2D eigenvalue weighted by Crippen LogP contribution is -2.43. The van der Waals surface area contributed by atoms with Gasteiger partial charge in [0.15, 0.2) is 0 Å². The second kappa shape index (κ2) is 8.64. The fourth-order valence-electron chi connectivity index (χ4n) is 2.68. The van der Waals surface area contributed by atoms with Gasteiger partial charge in [0.2, 0.25) is 11.8 Å². The highest BCUT2D eigenvalue weighted by atomic mass is 16.4. The molecule has 6 nitrogen and oxygen atoms in total. The lowest BCUT2D eigenvalue weighted by molar-refractivity contribution is -0.140. The van der Waals surface area contributed by atoms with Gasteiger partial charge in [-0.15, -0.1) is 0 Å². The van der Waals surface area contributed by atoms with Gasteiger partial charge in [0.25, 0.3) is 0 Å². The third-order valence-electron chi connectivity index (χ3n) is 3.92. The number of rotatable bonds is 7. The minimum atomic E-state index is -0.815. The fourth-order valence-corrected chi connectivity index (χ4v) is 2.68. The Bertz CT molecular complexity index is 382. The molecule has 1 atom stereocenters. The largest absolute Gasteiger partial charge is 0.481 e. The van der Waals surface area contributed by atoms with Crippen molar-refractivity contribution in [3.63, 3.8) is 0 Å². The second-order valence-corrected chi connectivity index (χ2v) is 5.81. The Morgan fingerprint density at radius 2 is 1.86 bits per heavy atom. The molecule has 0 aromatic carbocycles. The molecule has 21 heavy (non-hydrogen) atoms. The highest BCUT2D eigenvalue weighted by molar-refractivity contribution is 5.79.